The molecule has 1 aromatic rings. The van der Waals surface area contributed by atoms with Crippen molar-refractivity contribution in [1.29, 1.82) is 0 Å². The van der Waals surface area contributed by atoms with Crippen LogP contribution in [0.2, 0.25) is 0 Å². The van der Waals surface area contributed by atoms with Gasteiger partial charge >= 0.3 is 6.18 Å². The summed E-state index contributed by atoms with van der Waals surface area (Å²) in [6.07, 6.45) is -2.27. The van der Waals surface area contributed by atoms with E-state index in [-0.39, 0.29) is 5.92 Å². The average Bonchev–Trinajstić information content (AvgIpc) is 2.72. The van der Waals surface area contributed by atoms with Gasteiger partial charge in [0.1, 0.15) is 5.56 Å². The van der Waals surface area contributed by atoms with E-state index >= 15 is 0 Å². The van der Waals surface area contributed by atoms with Gasteiger partial charge in [0, 0.05) is 12.7 Å². The van der Waals surface area contributed by atoms with Crippen LogP contribution in [0.25, 0.3) is 0 Å². The van der Waals surface area contributed by atoms with Gasteiger partial charge in [-0.2, -0.15) is 13.2 Å². The number of aromatic nitrogens is 1. The highest BCUT2D eigenvalue weighted by atomic mass is 19.4. The van der Waals surface area contributed by atoms with E-state index in [0.717, 1.165) is 30.1 Å². The fraction of sp³-hybridized carbons (Fsp3) is 0.545. The Morgan fingerprint density at radius 1 is 1.47 bits per heavy atom. The number of hydrogen-bond acceptors (Lipinski definition) is 2. The van der Waals surface area contributed by atoms with E-state index in [1.165, 1.54) is 12.3 Å². The summed E-state index contributed by atoms with van der Waals surface area (Å²) >= 11 is 0. The van der Waals surface area contributed by atoms with Gasteiger partial charge < -0.3 is 9.88 Å². The first kappa shape index (κ1) is 12.2. The Labute approximate surface area is 96.3 Å². The van der Waals surface area contributed by atoms with Crippen molar-refractivity contribution < 1.29 is 13.2 Å². The van der Waals surface area contributed by atoms with Crippen LogP contribution in [-0.4, -0.2) is 17.7 Å². The maximum Gasteiger partial charge on any atom is 0.421 e. The monoisotopic (exact) mass is 246 g/mol. The standard InChI is InChI=1S/C11H13F3N2O/c12-11(13,14)9-2-1-5-16(10(9)17)7-8-3-4-15-6-8/h1-2,5,8,15H,3-4,6-7H2/t8-/m0/s1. The molecule has 0 saturated carbocycles. The molecular weight excluding hydrogens is 233 g/mol. The van der Waals surface area contributed by atoms with E-state index in [1.807, 2.05) is 0 Å². The fourth-order valence-electron chi connectivity index (χ4n) is 2.04. The first-order valence-electron chi connectivity index (χ1n) is 5.46. The first-order valence-corrected chi connectivity index (χ1v) is 5.46. The van der Waals surface area contributed by atoms with Crippen LogP contribution in [0, 0.1) is 5.92 Å². The second-order valence-electron chi connectivity index (χ2n) is 4.24. The molecule has 0 radical (unpaired) electrons. The van der Waals surface area contributed by atoms with Crippen LogP contribution >= 0.6 is 0 Å². The number of rotatable bonds is 2. The van der Waals surface area contributed by atoms with Crippen LogP contribution in [-0.2, 0) is 12.7 Å². The summed E-state index contributed by atoms with van der Waals surface area (Å²) < 4.78 is 38.7. The van der Waals surface area contributed by atoms with Crippen molar-refractivity contribution >= 4 is 0 Å². The van der Waals surface area contributed by atoms with Crippen LogP contribution in [0.1, 0.15) is 12.0 Å². The zero-order chi connectivity index (χ0) is 12.5. The molecule has 2 heterocycles. The summed E-state index contributed by atoms with van der Waals surface area (Å²) in [4.78, 5) is 11.6. The van der Waals surface area contributed by atoms with E-state index in [0.29, 0.717) is 6.54 Å². The molecule has 0 amide bonds. The largest absolute Gasteiger partial charge is 0.421 e. The highest BCUT2D eigenvalue weighted by Crippen LogP contribution is 2.26. The molecule has 17 heavy (non-hydrogen) atoms. The van der Waals surface area contributed by atoms with Crippen LogP contribution in [0.15, 0.2) is 23.1 Å². The van der Waals surface area contributed by atoms with E-state index in [1.54, 1.807) is 0 Å². The molecule has 0 aromatic carbocycles. The van der Waals surface area contributed by atoms with Crippen LogP contribution in [0.4, 0.5) is 13.2 Å². The molecule has 1 aliphatic heterocycles. The van der Waals surface area contributed by atoms with E-state index in [9.17, 15) is 18.0 Å². The third-order valence-corrected chi connectivity index (χ3v) is 2.94. The molecule has 1 fully saturated rings. The maximum atomic E-state index is 12.5. The lowest BCUT2D eigenvalue weighted by Crippen LogP contribution is -2.30. The summed E-state index contributed by atoms with van der Waals surface area (Å²) in [7, 11) is 0. The average molecular weight is 246 g/mol. The number of pyridine rings is 1. The molecule has 1 atom stereocenters. The van der Waals surface area contributed by atoms with Crippen molar-refractivity contribution in [2.24, 2.45) is 5.92 Å². The summed E-state index contributed by atoms with van der Waals surface area (Å²) in [5.74, 6) is 0.233. The van der Waals surface area contributed by atoms with Crippen molar-refractivity contribution in [3.8, 4) is 0 Å². The Kier molecular flexibility index (Phi) is 3.24. The highest BCUT2D eigenvalue weighted by molar-refractivity contribution is 5.14. The lowest BCUT2D eigenvalue weighted by atomic mass is 10.1. The Balaban J connectivity index is 2.26. The molecule has 94 valence electrons. The summed E-state index contributed by atoms with van der Waals surface area (Å²) in [5.41, 5.74) is -2.04. The van der Waals surface area contributed by atoms with E-state index in [4.69, 9.17) is 0 Å². The molecule has 6 heteroatoms. The van der Waals surface area contributed by atoms with Crippen molar-refractivity contribution in [3.63, 3.8) is 0 Å². The normalized spacial score (nSPS) is 20.8. The molecule has 0 bridgehead atoms. The summed E-state index contributed by atoms with van der Waals surface area (Å²) in [5, 5.41) is 3.12. The number of nitrogens with one attached hydrogen (secondary N) is 1. The molecule has 1 aliphatic rings. The molecule has 2 rings (SSSR count). The van der Waals surface area contributed by atoms with Gasteiger partial charge in [0.05, 0.1) is 0 Å². The third-order valence-electron chi connectivity index (χ3n) is 2.94. The van der Waals surface area contributed by atoms with Crippen molar-refractivity contribution in [1.82, 2.24) is 9.88 Å². The molecule has 0 unspecified atom stereocenters. The van der Waals surface area contributed by atoms with Crippen molar-refractivity contribution in [2.75, 3.05) is 13.1 Å². The van der Waals surface area contributed by atoms with Gasteiger partial charge in [0.25, 0.3) is 5.56 Å². The zero-order valence-corrected chi connectivity index (χ0v) is 9.13. The second-order valence-corrected chi connectivity index (χ2v) is 4.24. The second kappa shape index (κ2) is 4.52. The van der Waals surface area contributed by atoms with E-state index < -0.39 is 17.3 Å². The molecule has 3 nitrogen and oxygen atoms in total. The van der Waals surface area contributed by atoms with Gasteiger partial charge in [-0.3, -0.25) is 4.79 Å². The minimum atomic E-state index is -4.58. The molecular formula is C11H13F3N2O. The Morgan fingerprint density at radius 3 is 2.82 bits per heavy atom. The lowest BCUT2D eigenvalue weighted by molar-refractivity contribution is -0.139. The minimum absolute atomic E-state index is 0.233. The SMILES string of the molecule is O=c1c(C(F)(F)F)cccn1C[C@H]1CCNC1. The highest BCUT2D eigenvalue weighted by Gasteiger charge is 2.34. The van der Waals surface area contributed by atoms with Crippen molar-refractivity contribution in [3.05, 3.63) is 34.2 Å². The minimum Gasteiger partial charge on any atom is -0.316 e. The maximum absolute atomic E-state index is 12.5. The number of halogens is 3. The molecule has 0 spiro atoms. The number of nitrogens with zero attached hydrogens (tertiary/aromatic N) is 1. The molecule has 1 N–H and O–H groups in total. The van der Waals surface area contributed by atoms with Crippen LogP contribution < -0.4 is 10.9 Å². The topological polar surface area (TPSA) is 34.0 Å². The molecule has 1 saturated heterocycles. The van der Waals surface area contributed by atoms with Crippen LogP contribution in [0.3, 0.4) is 0 Å². The van der Waals surface area contributed by atoms with Gasteiger partial charge in [0.2, 0.25) is 0 Å². The van der Waals surface area contributed by atoms with Crippen molar-refractivity contribution in [2.45, 2.75) is 19.1 Å². The molecule has 1 aromatic heterocycles. The lowest BCUT2D eigenvalue weighted by Gasteiger charge is -2.13. The molecule has 0 aliphatic carbocycles. The predicted octanol–water partition coefficient (Wildman–Crippen LogP) is 1.48. The van der Waals surface area contributed by atoms with Gasteiger partial charge in [-0.1, -0.05) is 0 Å². The van der Waals surface area contributed by atoms with Gasteiger partial charge in [-0.05, 0) is 37.6 Å². The van der Waals surface area contributed by atoms with E-state index in [2.05, 4.69) is 5.32 Å². The Bertz CT molecular complexity index is 447. The fourth-order valence-corrected chi connectivity index (χ4v) is 2.04. The first-order chi connectivity index (χ1) is 7.98. The van der Waals surface area contributed by atoms with Gasteiger partial charge in [-0.15, -0.1) is 0 Å². The zero-order valence-electron chi connectivity index (χ0n) is 9.13. The summed E-state index contributed by atoms with van der Waals surface area (Å²) in [6.45, 7) is 1.96. The number of hydrogen-bond donors (Lipinski definition) is 1. The number of alkyl halides is 3. The quantitative estimate of drug-likeness (QED) is 0.857. The Hall–Kier alpha value is -1.30. The smallest absolute Gasteiger partial charge is 0.316 e. The van der Waals surface area contributed by atoms with Gasteiger partial charge in [0.15, 0.2) is 0 Å². The third kappa shape index (κ3) is 2.69. The van der Waals surface area contributed by atoms with Gasteiger partial charge in [-0.25, -0.2) is 0 Å². The Morgan fingerprint density at radius 2 is 2.24 bits per heavy atom. The summed E-state index contributed by atoms with van der Waals surface area (Å²) in [6, 6.07) is 2.10. The van der Waals surface area contributed by atoms with Crippen LogP contribution in [0.5, 0.6) is 0 Å². The predicted molar refractivity (Wildman–Crippen MR) is 56.7 cm³/mol.